The van der Waals surface area contributed by atoms with Crippen molar-refractivity contribution in [3.05, 3.63) is 107 Å². The van der Waals surface area contributed by atoms with Crippen LogP contribution < -0.4 is 10.4 Å². The van der Waals surface area contributed by atoms with Crippen molar-refractivity contribution in [1.29, 1.82) is 0 Å². The van der Waals surface area contributed by atoms with Gasteiger partial charge in [-0.2, -0.15) is 0 Å². The Morgan fingerprint density at radius 1 is 0.500 bits per heavy atom. The summed E-state index contributed by atoms with van der Waals surface area (Å²) in [5, 5.41) is 0. The number of nitrogens with zero attached hydrogens (tertiary/aromatic N) is 1. The fraction of sp³-hybridized carbons (Fsp3) is 0.520. The standard InChI is InChI=1S/C50H66BNO2/c1-9-11-13-15-17-23-33-50(34-24-18-16-14-12-10-2)43-35-37(51-53-48(5,6)49(7,8)54-51)29-31-39(43)40-32-30-38(36-44(40)50)52-45-27-21-19-25-41(45)47(3,4)42-26-20-22-28-46(42)52/h19-22,25-32,35-36H,9-18,23-24,33-34H2,1-8H3. The summed E-state index contributed by atoms with van der Waals surface area (Å²) in [4.78, 5) is 2.55. The van der Waals surface area contributed by atoms with Crippen molar-refractivity contribution in [2.24, 2.45) is 0 Å². The van der Waals surface area contributed by atoms with Crippen molar-refractivity contribution in [3.63, 3.8) is 0 Å². The minimum absolute atomic E-state index is 0.0655. The highest BCUT2D eigenvalue weighted by molar-refractivity contribution is 6.62. The average Bonchev–Trinajstić information content (AvgIpc) is 3.55. The second kappa shape index (κ2) is 15.7. The van der Waals surface area contributed by atoms with E-state index >= 15 is 0 Å². The third-order valence-electron chi connectivity index (χ3n) is 13.7. The van der Waals surface area contributed by atoms with Gasteiger partial charge in [-0.1, -0.05) is 165 Å². The van der Waals surface area contributed by atoms with Gasteiger partial charge in [0.2, 0.25) is 0 Å². The lowest BCUT2D eigenvalue weighted by Crippen LogP contribution is -2.41. The number of rotatable bonds is 16. The minimum atomic E-state index is -0.377. The number of benzene rings is 4. The van der Waals surface area contributed by atoms with Crippen molar-refractivity contribution in [2.45, 2.75) is 167 Å². The van der Waals surface area contributed by atoms with Gasteiger partial charge in [0.05, 0.1) is 22.6 Å². The molecule has 0 unspecified atom stereocenters. The topological polar surface area (TPSA) is 21.7 Å². The summed E-state index contributed by atoms with van der Waals surface area (Å²) in [5.74, 6) is 0. The van der Waals surface area contributed by atoms with Crippen LogP contribution in [0.2, 0.25) is 0 Å². The van der Waals surface area contributed by atoms with Gasteiger partial charge in [-0.05, 0) is 104 Å². The lowest BCUT2D eigenvalue weighted by atomic mass is 9.68. The molecule has 0 atom stereocenters. The number of hydrogen-bond acceptors (Lipinski definition) is 3. The van der Waals surface area contributed by atoms with E-state index in [1.807, 2.05) is 0 Å². The summed E-state index contributed by atoms with van der Waals surface area (Å²) in [6.45, 7) is 18.0. The Morgan fingerprint density at radius 3 is 1.50 bits per heavy atom. The molecule has 2 aliphatic heterocycles. The van der Waals surface area contributed by atoms with E-state index in [0.29, 0.717) is 0 Å². The van der Waals surface area contributed by atoms with Crippen LogP contribution >= 0.6 is 0 Å². The summed E-state index contributed by atoms with van der Waals surface area (Å²) in [6, 6.07) is 32.8. The second-order valence-electron chi connectivity index (χ2n) is 18.2. The van der Waals surface area contributed by atoms with Gasteiger partial charge < -0.3 is 14.2 Å². The van der Waals surface area contributed by atoms with E-state index < -0.39 is 0 Å². The zero-order valence-electron chi connectivity index (χ0n) is 34.8. The van der Waals surface area contributed by atoms with Crippen molar-refractivity contribution in [2.75, 3.05) is 4.90 Å². The number of para-hydroxylation sites is 2. The quantitative estimate of drug-likeness (QED) is 0.0849. The molecule has 3 aliphatic rings. The van der Waals surface area contributed by atoms with Crippen molar-refractivity contribution >= 4 is 29.6 Å². The van der Waals surface area contributed by atoms with Gasteiger partial charge >= 0.3 is 7.12 Å². The fourth-order valence-corrected chi connectivity index (χ4v) is 9.79. The Bertz CT molecular complexity index is 1840. The zero-order chi connectivity index (χ0) is 38.1. The maximum Gasteiger partial charge on any atom is 0.494 e. The highest BCUT2D eigenvalue weighted by Crippen LogP contribution is 2.57. The van der Waals surface area contributed by atoms with Gasteiger partial charge in [0.25, 0.3) is 0 Å². The van der Waals surface area contributed by atoms with Crippen LogP contribution in [0.15, 0.2) is 84.9 Å². The molecule has 0 saturated carbocycles. The van der Waals surface area contributed by atoms with E-state index in [1.165, 1.54) is 140 Å². The molecule has 2 heterocycles. The largest absolute Gasteiger partial charge is 0.494 e. The van der Waals surface area contributed by atoms with Crippen LogP contribution in [0, 0.1) is 0 Å². The number of anilines is 3. The molecule has 0 bridgehead atoms. The molecule has 4 aromatic rings. The van der Waals surface area contributed by atoms with E-state index in [0.717, 1.165) is 5.46 Å². The third kappa shape index (κ3) is 7.00. The summed E-state index contributed by atoms with van der Waals surface area (Å²) >= 11 is 0. The van der Waals surface area contributed by atoms with Gasteiger partial charge in [-0.25, -0.2) is 0 Å². The Labute approximate surface area is 328 Å². The second-order valence-corrected chi connectivity index (χ2v) is 18.2. The third-order valence-corrected chi connectivity index (χ3v) is 13.7. The smallest absolute Gasteiger partial charge is 0.399 e. The molecule has 0 amide bonds. The lowest BCUT2D eigenvalue weighted by molar-refractivity contribution is 0.00578. The molecule has 1 aliphatic carbocycles. The molecule has 1 fully saturated rings. The van der Waals surface area contributed by atoms with Crippen molar-refractivity contribution in [3.8, 4) is 11.1 Å². The molecule has 1 saturated heterocycles. The molecule has 4 heteroatoms. The van der Waals surface area contributed by atoms with Crippen molar-refractivity contribution in [1.82, 2.24) is 0 Å². The normalized spacial score (nSPS) is 18.3. The molecule has 0 N–H and O–H groups in total. The summed E-state index contributed by atoms with van der Waals surface area (Å²) in [7, 11) is -0.370. The molecule has 0 aromatic heterocycles. The van der Waals surface area contributed by atoms with Crippen LogP contribution in [0.1, 0.15) is 168 Å². The van der Waals surface area contributed by atoms with Gasteiger partial charge in [-0.3, -0.25) is 0 Å². The highest BCUT2D eigenvalue weighted by Gasteiger charge is 2.52. The Kier molecular flexibility index (Phi) is 11.3. The van der Waals surface area contributed by atoms with Crippen molar-refractivity contribution < 1.29 is 9.31 Å². The molecule has 0 spiro atoms. The lowest BCUT2D eigenvalue weighted by Gasteiger charge is -2.42. The van der Waals surface area contributed by atoms with Crippen LogP contribution in [-0.4, -0.2) is 18.3 Å². The highest BCUT2D eigenvalue weighted by atomic mass is 16.7. The molecule has 4 aromatic carbocycles. The average molecular weight is 724 g/mol. The Morgan fingerprint density at radius 2 is 0.963 bits per heavy atom. The Hall–Kier alpha value is -3.34. The van der Waals surface area contributed by atoms with Gasteiger partial charge in [0, 0.05) is 16.5 Å². The first-order valence-corrected chi connectivity index (χ1v) is 21.6. The number of unbranched alkanes of at least 4 members (excludes halogenated alkanes) is 10. The number of hydrogen-bond donors (Lipinski definition) is 0. The van der Waals surface area contributed by atoms with E-state index in [-0.39, 0.29) is 29.2 Å². The molecule has 54 heavy (non-hydrogen) atoms. The zero-order valence-corrected chi connectivity index (χ0v) is 34.8. The van der Waals surface area contributed by atoms with E-state index in [4.69, 9.17) is 9.31 Å². The predicted octanol–water partition coefficient (Wildman–Crippen LogP) is 13.9. The molecule has 286 valence electrons. The molecule has 7 rings (SSSR count). The van der Waals surface area contributed by atoms with Gasteiger partial charge in [-0.15, -0.1) is 0 Å². The van der Waals surface area contributed by atoms with Crippen LogP contribution in [0.5, 0.6) is 0 Å². The first kappa shape index (κ1) is 38.9. The van der Waals surface area contributed by atoms with Gasteiger partial charge in [0.1, 0.15) is 0 Å². The van der Waals surface area contributed by atoms with E-state index in [1.54, 1.807) is 0 Å². The molecular weight excluding hydrogens is 657 g/mol. The first-order valence-electron chi connectivity index (χ1n) is 21.6. The molecular formula is C50H66BNO2. The summed E-state index contributed by atoms with van der Waals surface area (Å²) in [5.41, 5.74) is 12.7. The van der Waals surface area contributed by atoms with Crippen LogP contribution in [-0.2, 0) is 20.1 Å². The maximum absolute atomic E-state index is 6.68. The minimum Gasteiger partial charge on any atom is -0.399 e. The fourth-order valence-electron chi connectivity index (χ4n) is 9.79. The molecule has 3 nitrogen and oxygen atoms in total. The van der Waals surface area contributed by atoms with Crippen LogP contribution in [0.3, 0.4) is 0 Å². The first-order chi connectivity index (χ1) is 25.9. The summed E-state index contributed by atoms with van der Waals surface area (Å²) in [6.07, 6.45) is 18.0. The van der Waals surface area contributed by atoms with Gasteiger partial charge in [0.15, 0.2) is 0 Å². The summed E-state index contributed by atoms with van der Waals surface area (Å²) < 4.78 is 13.4. The van der Waals surface area contributed by atoms with E-state index in [2.05, 4.69) is 145 Å². The van der Waals surface area contributed by atoms with Crippen LogP contribution in [0.4, 0.5) is 17.1 Å². The maximum atomic E-state index is 6.68. The SMILES string of the molecule is CCCCCCCCC1(CCCCCCCC)c2cc(B3OC(C)(C)C(C)(C)O3)ccc2-c2ccc(N3c4ccccc4C(C)(C)c4ccccc43)cc21. The number of fused-ring (bicyclic) bond motifs is 5. The Balaban J connectivity index is 1.35. The van der Waals surface area contributed by atoms with Crippen LogP contribution in [0.25, 0.3) is 11.1 Å². The molecule has 0 radical (unpaired) electrons. The monoisotopic (exact) mass is 724 g/mol. The predicted molar refractivity (Wildman–Crippen MR) is 231 cm³/mol. The van der Waals surface area contributed by atoms with E-state index in [9.17, 15) is 0 Å².